The van der Waals surface area contributed by atoms with Crippen LogP contribution in [-0.2, 0) is 6.54 Å². The molecule has 4 heteroatoms. The number of aliphatic hydroxyl groups excluding tert-OH is 1. The summed E-state index contributed by atoms with van der Waals surface area (Å²) in [7, 11) is 0. The van der Waals surface area contributed by atoms with Gasteiger partial charge in [0.25, 0.3) is 0 Å². The molecule has 17 heavy (non-hydrogen) atoms. The van der Waals surface area contributed by atoms with Gasteiger partial charge in [-0.3, -0.25) is 0 Å². The van der Waals surface area contributed by atoms with E-state index in [4.69, 9.17) is 0 Å². The zero-order chi connectivity index (χ0) is 12.8. The van der Waals surface area contributed by atoms with E-state index in [0.29, 0.717) is 12.0 Å². The Bertz CT molecular complexity index is 320. The number of aliphatic hydroxyl groups is 1. The SMILES string of the molecule is CC(C)CC(CO)NCc1cncn1C(C)C. The smallest absolute Gasteiger partial charge is 0.0951 e. The second kappa shape index (κ2) is 6.77. The molecule has 0 aliphatic rings. The van der Waals surface area contributed by atoms with Gasteiger partial charge in [0.05, 0.1) is 18.6 Å². The Labute approximate surface area is 104 Å². The van der Waals surface area contributed by atoms with Crippen molar-refractivity contribution < 1.29 is 5.11 Å². The molecule has 0 aromatic carbocycles. The maximum Gasteiger partial charge on any atom is 0.0951 e. The van der Waals surface area contributed by atoms with Crippen LogP contribution in [-0.4, -0.2) is 27.3 Å². The Hall–Kier alpha value is -0.870. The molecule has 0 radical (unpaired) electrons. The van der Waals surface area contributed by atoms with Crippen molar-refractivity contribution in [1.82, 2.24) is 14.9 Å². The van der Waals surface area contributed by atoms with Crippen LogP contribution in [0, 0.1) is 5.92 Å². The van der Waals surface area contributed by atoms with E-state index in [-0.39, 0.29) is 12.6 Å². The molecule has 0 aliphatic carbocycles. The fourth-order valence-corrected chi connectivity index (χ4v) is 1.97. The van der Waals surface area contributed by atoms with Crippen LogP contribution in [0.5, 0.6) is 0 Å². The number of nitrogens with one attached hydrogen (secondary N) is 1. The Morgan fingerprint density at radius 2 is 2.06 bits per heavy atom. The van der Waals surface area contributed by atoms with Gasteiger partial charge in [-0.1, -0.05) is 13.8 Å². The zero-order valence-electron chi connectivity index (χ0n) is 11.3. The fourth-order valence-electron chi connectivity index (χ4n) is 1.97. The van der Waals surface area contributed by atoms with Crippen molar-refractivity contribution in [3.05, 3.63) is 18.2 Å². The number of hydrogen-bond acceptors (Lipinski definition) is 3. The molecule has 1 unspecified atom stereocenters. The zero-order valence-corrected chi connectivity index (χ0v) is 11.3. The summed E-state index contributed by atoms with van der Waals surface area (Å²) in [6.07, 6.45) is 4.74. The fraction of sp³-hybridized carbons (Fsp3) is 0.769. The van der Waals surface area contributed by atoms with Gasteiger partial charge in [0.1, 0.15) is 0 Å². The molecule has 0 saturated carbocycles. The molecule has 0 bridgehead atoms. The lowest BCUT2D eigenvalue weighted by Crippen LogP contribution is -2.33. The van der Waals surface area contributed by atoms with Crippen molar-refractivity contribution in [2.45, 2.75) is 52.7 Å². The third-order valence-corrected chi connectivity index (χ3v) is 2.85. The van der Waals surface area contributed by atoms with Gasteiger partial charge in [0.2, 0.25) is 0 Å². The molecule has 0 saturated heterocycles. The van der Waals surface area contributed by atoms with Crippen molar-refractivity contribution in [3.63, 3.8) is 0 Å². The summed E-state index contributed by atoms with van der Waals surface area (Å²) in [5, 5.41) is 12.7. The van der Waals surface area contributed by atoms with Crippen molar-refractivity contribution in [1.29, 1.82) is 0 Å². The highest BCUT2D eigenvalue weighted by atomic mass is 16.3. The Balaban J connectivity index is 2.50. The number of hydrogen-bond donors (Lipinski definition) is 2. The molecule has 0 fully saturated rings. The van der Waals surface area contributed by atoms with Gasteiger partial charge in [-0.25, -0.2) is 4.98 Å². The van der Waals surface area contributed by atoms with E-state index in [1.807, 2.05) is 12.5 Å². The maximum absolute atomic E-state index is 9.30. The predicted octanol–water partition coefficient (Wildman–Crippen LogP) is 1.96. The molecule has 1 heterocycles. The predicted molar refractivity (Wildman–Crippen MR) is 69.8 cm³/mol. The summed E-state index contributed by atoms with van der Waals surface area (Å²) >= 11 is 0. The quantitative estimate of drug-likeness (QED) is 0.764. The van der Waals surface area contributed by atoms with E-state index < -0.39 is 0 Å². The van der Waals surface area contributed by atoms with Crippen LogP contribution in [0.15, 0.2) is 12.5 Å². The number of imidazole rings is 1. The summed E-state index contributed by atoms with van der Waals surface area (Å²) in [4.78, 5) is 4.17. The normalized spacial score (nSPS) is 13.6. The van der Waals surface area contributed by atoms with Crippen molar-refractivity contribution >= 4 is 0 Å². The van der Waals surface area contributed by atoms with Crippen LogP contribution in [0.3, 0.4) is 0 Å². The average molecular weight is 239 g/mol. The van der Waals surface area contributed by atoms with Gasteiger partial charge in [-0.15, -0.1) is 0 Å². The first-order chi connectivity index (χ1) is 8.04. The monoisotopic (exact) mass is 239 g/mol. The number of nitrogens with zero attached hydrogens (tertiary/aromatic N) is 2. The minimum atomic E-state index is 0.172. The Kier molecular flexibility index (Phi) is 5.65. The standard InChI is InChI=1S/C13H25N3O/c1-10(2)5-12(8-17)15-7-13-6-14-9-16(13)11(3)4/h6,9-12,15,17H,5,7-8H2,1-4H3. The van der Waals surface area contributed by atoms with Crippen LogP contribution in [0.4, 0.5) is 0 Å². The molecule has 1 atom stereocenters. The molecule has 0 spiro atoms. The van der Waals surface area contributed by atoms with Crippen LogP contribution in [0.1, 0.15) is 45.9 Å². The molecule has 4 nitrogen and oxygen atoms in total. The highest BCUT2D eigenvalue weighted by molar-refractivity contribution is 4.99. The summed E-state index contributed by atoms with van der Waals surface area (Å²) in [6.45, 7) is 9.57. The van der Waals surface area contributed by atoms with E-state index in [9.17, 15) is 5.11 Å². The summed E-state index contributed by atoms with van der Waals surface area (Å²) in [5.41, 5.74) is 1.17. The minimum Gasteiger partial charge on any atom is -0.395 e. The summed E-state index contributed by atoms with van der Waals surface area (Å²) in [5.74, 6) is 0.592. The number of aromatic nitrogens is 2. The van der Waals surface area contributed by atoms with E-state index in [1.165, 1.54) is 5.69 Å². The first-order valence-electron chi connectivity index (χ1n) is 6.39. The van der Waals surface area contributed by atoms with Crippen molar-refractivity contribution in [2.75, 3.05) is 6.61 Å². The molecule has 1 rings (SSSR count). The highest BCUT2D eigenvalue weighted by Gasteiger charge is 2.11. The van der Waals surface area contributed by atoms with Crippen LogP contribution >= 0.6 is 0 Å². The van der Waals surface area contributed by atoms with Gasteiger partial charge < -0.3 is 15.0 Å². The van der Waals surface area contributed by atoms with E-state index >= 15 is 0 Å². The number of rotatable bonds is 7. The van der Waals surface area contributed by atoms with Crippen LogP contribution < -0.4 is 5.32 Å². The van der Waals surface area contributed by atoms with Crippen molar-refractivity contribution in [2.24, 2.45) is 5.92 Å². The summed E-state index contributed by atoms with van der Waals surface area (Å²) in [6, 6.07) is 0.595. The second-order valence-electron chi connectivity index (χ2n) is 5.28. The molecular formula is C13H25N3O. The van der Waals surface area contributed by atoms with Gasteiger partial charge >= 0.3 is 0 Å². The average Bonchev–Trinajstić information content (AvgIpc) is 2.71. The van der Waals surface area contributed by atoms with Crippen LogP contribution in [0.25, 0.3) is 0 Å². The molecule has 1 aromatic rings. The van der Waals surface area contributed by atoms with E-state index in [2.05, 4.69) is 42.6 Å². The van der Waals surface area contributed by atoms with E-state index in [0.717, 1.165) is 13.0 Å². The molecular weight excluding hydrogens is 214 g/mol. The second-order valence-corrected chi connectivity index (χ2v) is 5.28. The molecule has 0 aliphatic heterocycles. The van der Waals surface area contributed by atoms with E-state index in [1.54, 1.807) is 0 Å². The van der Waals surface area contributed by atoms with Gasteiger partial charge in [-0.2, -0.15) is 0 Å². The first kappa shape index (κ1) is 14.2. The third-order valence-electron chi connectivity index (χ3n) is 2.85. The van der Waals surface area contributed by atoms with Gasteiger partial charge in [0, 0.05) is 24.8 Å². The maximum atomic E-state index is 9.30. The Morgan fingerprint density at radius 1 is 1.35 bits per heavy atom. The molecule has 0 amide bonds. The van der Waals surface area contributed by atoms with Crippen molar-refractivity contribution in [3.8, 4) is 0 Å². The topological polar surface area (TPSA) is 50.1 Å². The minimum absolute atomic E-state index is 0.172. The highest BCUT2D eigenvalue weighted by Crippen LogP contribution is 2.10. The largest absolute Gasteiger partial charge is 0.395 e. The first-order valence-corrected chi connectivity index (χ1v) is 6.39. The molecule has 98 valence electrons. The summed E-state index contributed by atoms with van der Waals surface area (Å²) < 4.78 is 2.15. The lowest BCUT2D eigenvalue weighted by atomic mass is 10.0. The van der Waals surface area contributed by atoms with Gasteiger partial charge in [-0.05, 0) is 26.2 Å². The van der Waals surface area contributed by atoms with Crippen LogP contribution in [0.2, 0.25) is 0 Å². The Morgan fingerprint density at radius 3 is 2.59 bits per heavy atom. The lowest BCUT2D eigenvalue weighted by molar-refractivity contribution is 0.222. The lowest BCUT2D eigenvalue weighted by Gasteiger charge is -2.19. The van der Waals surface area contributed by atoms with Gasteiger partial charge in [0.15, 0.2) is 0 Å². The molecule has 2 N–H and O–H groups in total. The molecule has 1 aromatic heterocycles. The third kappa shape index (κ3) is 4.48.